The number of halogens is 3. The first-order valence-electron chi connectivity index (χ1n) is 9.81. The van der Waals surface area contributed by atoms with E-state index in [0.717, 1.165) is 40.7 Å². The number of benzene rings is 3. The summed E-state index contributed by atoms with van der Waals surface area (Å²) < 4.78 is 41.0. The van der Waals surface area contributed by atoms with E-state index in [0.29, 0.717) is 23.5 Å². The summed E-state index contributed by atoms with van der Waals surface area (Å²) in [5, 5.41) is 20.3. The monoisotopic (exact) mass is 470 g/mol. The van der Waals surface area contributed by atoms with Gasteiger partial charge in [0.1, 0.15) is 5.82 Å². The van der Waals surface area contributed by atoms with Gasteiger partial charge in [-0.15, -0.1) is 10.2 Å². The molecule has 0 fully saturated rings. The third-order valence-corrected chi connectivity index (χ3v) is 5.86. The molecule has 0 atom stereocenters. The maximum absolute atomic E-state index is 13.1. The van der Waals surface area contributed by atoms with Gasteiger partial charge in [-0.1, -0.05) is 42.5 Å². The van der Waals surface area contributed by atoms with E-state index >= 15 is 0 Å². The van der Waals surface area contributed by atoms with Crippen molar-refractivity contribution in [3.63, 3.8) is 0 Å². The van der Waals surface area contributed by atoms with Crippen molar-refractivity contribution in [3.05, 3.63) is 105 Å². The quantitative estimate of drug-likeness (QED) is 0.246. The molecule has 33 heavy (non-hydrogen) atoms. The lowest BCUT2D eigenvalue weighted by Crippen LogP contribution is -2.06. The molecule has 0 bridgehead atoms. The van der Waals surface area contributed by atoms with Gasteiger partial charge in [-0.05, 0) is 54.1 Å². The number of aryl methyl sites for hydroxylation is 1. The van der Waals surface area contributed by atoms with Crippen LogP contribution in [0, 0.1) is 17.0 Å². The Morgan fingerprint density at radius 1 is 1.00 bits per heavy atom. The molecule has 4 rings (SSSR count). The van der Waals surface area contributed by atoms with E-state index in [4.69, 9.17) is 0 Å². The molecule has 168 valence electrons. The molecule has 1 heterocycles. The summed E-state index contributed by atoms with van der Waals surface area (Å²) in [4.78, 5) is 10.7. The Bertz CT molecular complexity index is 1310. The fourth-order valence-corrected chi connectivity index (χ4v) is 4.26. The minimum atomic E-state index is -4.68. The number of rotatable bonds is 6. The molecule has 0 unspecified atom stereocenters. The smallest absolute Gasteiger partial charge is 0.273 e. The second-order valence-electron chi connectivity index (χ2n) is 7.28. The van der Waals surface area contributed by atoms with Gasteiger partial charge in [-0.3, -0.25) is 14.7 Å². The summed E-state index contributed by atoms with van der Waals surface area (Å²) in [6.07, 6.45) is -4.23. The van der Waals surface area contributed by atoms with Crippen LogP contribution in [-0.4, -0.2) is 19.7 Å². The molecule has 10 heteroatoms. The van der Waals surface area contributed by atoms with Gasteiger partial charge in [0.15, 0.2) is 0 Å². The Kier molecular flexibility index (Phi) is 6.19. The first kappa shape index (κ1) is 22.5. The zero-order valence-electron chi connectivity index (χ0n) is 17.3. The third-order valence-electron chi connectivity index (χ3n) is 4.85. The van der Waals surface area contributed by atoms with Gasteiger partial charge in [0.25, 0.3) is 5.69 Å². The largest absolute Gasteiger partial charge is 0.416 e. The van der Waals surface area contributed by atoms with Crippen LogP contribution in [0.3, 0.4) is 0 Å². The maximum atomic E-state index is 13.1. The van der Waals surface area contributed by atoms with Crippen LogP contribution in [0.25, 0.3) is 5.69 Å². The van der Waals surface area contributed by atoms with Gasteiger partial charge in [0, 0.05) is 18.2 Å². The van der Waals surface area contributed by atoms with Gasteiger partial charge in [0.05, 0.1) is 15.4 Å². The molecule has 0 aliphatic heterocycles. The Balaban J connectivity index is 1.79. The first-order chi connectivity index (χ1) is 15.7. The number of aromatic nitrogens is 3. The number of nitro groups is 1. The molecule has 0 radical (unpaired) electrons. The van der Waals surface area contributed by atoms with Crippen molar-refractivity contribution in [2.24, 2.45) is 0 Å². The van der Waals surface area contributed by atoms with Crippen molar-refractivity contribution in [1.29, 1.82) is 0 Å². The standard InChI is InChI=1S/C23H17F3N4O2S/c1-15-6-5-9-18(12-15)29-21(13-16-7-3-2-4-8-16)27-28-22(29)33-20-11-10-17(23(24,25)26)14-19(20)30(31)32/h2-12,14H,13H2,1H3. The van der Waals surface area contributed by atoms with E-state index in [-0.39, 0.29) is 4.90 Å². The highest BCUT2D eigenvalue weighted by molar-refractivity contribution is 7.99. The lowest BCUT2D eigenvalue weighted by atomic mass is 10.1. The summed E-state index contributed by atoms with van der Waals surface area (Å²) >= 11 is 0.901. The number of alkyl halides is 3. The summed E-state index contributed by atoms with van der Waals surface area (Å²) in [6, 6.07) is 19.6. The third kappa shape index (κ3) is 5.06. The Hall–Kier alpha value is -3.66. The van der Waals surface area contributed by atoms with E-state index in [1.165, 1.54) is 0 Å². The second-order valence-corrected chi connectivity index (χ2v) is 8.28. The van der Waals surface area contributed by atoms with Crippen molar-refractivity contribution in [3.8, 4) is 5.69 Å². The van der Waals surface area contributed by atoms with Gasteiger partial charge < -0.3 is 0 Å². The van der Waals surface area contributed by atoms with Gasteiger partial charge in [-0.25, -0.2) is 0 Å². The first-order valence-corrected chi connectivity index (χ1v) is 10.6. The Labute approximate surface area is 191 Å². The molecular formula is C23H17F3N4O2S. The van der Waals surface area contributed by atoms with Crippen LogP contribution in [0.15, 0.2) is 82.8 Å². The number of nitrogens with zero attached hydrogens (tertiary/aromatic N) is 4. The van der Waals surface area contributed by atoms with Crippen molar-refractivity contribution in [2.45, 2.75) is 29.6 Å². The van der Waals surface area contributed by atoms with E-state index < -0.39 is 22.4 Å². The molecule has 0 aliphatic carbocycles. The summed E-state index contributed by atoms with van der Waals surface area (Å²) in [7, 11) is 0. The van der Waals surface area contributed by atoms with Crippen LogP contribution >= 0.6 is 11.8 Å². The van der Waals surface area contributed by atoms with Crippen LogP contribution in [0.4, 0.5) is 18.9 Å². The molecule has 0 saturated heterocycles. The molecular weight excluding hydrogens is 453 g/mol. The van der Waals surface area contributed by atoms with Crippen LogP contribution in [0.1, 0.15) is 22.5 Å². The molecule has 4 aromatic rings. The molecule has 0 saturated carbocycles. The number of hydrogen-bond acceptors (Lipinski definition) is 5. The van der Waals surface area contributed by atoms with Crippen molar-refractivity contribution in [2.75, 3.05) is 0 Å². The van der Waals surface area contributed by atoms with Crippen LogP contribution < -0.4 is 0 Å². The van der Waals surface area contributed by atoms with Crippen molar-refractivity contribution < 1.29 is 18.1 Å². The molecule has 0 N–H and O–H groups in total. The highest BCUT2D eigenvalue weighted by Crippen LogP contribution is 2.39. The Morgan fingerprint density at radius 2 is 1.76 bits per heavy atom. The average molecular weight is 470 g/mol. The second kappa shape index (κ2) is 9.07. The van der Waals surface area contributed by atoms with Crippen LogP contribution in [0.5, 0.6) is 0 Å². The SMILES string of the molecule is Cc1cccc(-n2c(Cc3ccccc3)nnc2Sc2ccc(C(F)(F)F)cc2[N+](=O)[O-])c1. The lowest BCUT2D eigenvalue weighted by molar-refractivity contribution is -0.388. The highest BCUT2D eigenvalue weighted by atomic mass is 32.2. The molecule has 3 aromatic carbocycles. The summed E-state index contributed by atoms with van der Waals surface area (Å²) in [5.74, 6) is 0.601. The van der Waals surface area contributed by atoms with Gasteiger partial charge >= 0.3 is 6.18 Å². The zero-order valence-corrected chi connectivity index (χ0v) is 18.1. The predicted molar refractivity (Wildman–Crippen MR) is 118 cm³/mol. The molecule has 6 nitrogen and oxygen atoms in total. The normalized spacial score (nSPS) is 11.5. The zero-order chi connectivity index (χ0) is 23.6. The van der Waals surface area contributed by atoms with Crippen molar-refractivity contribution in [1.82, 2.24) is 14.8 Å². The average Bonchev–Trinajstić information content (AvgIpc) is 3.15. The van der Waals surface area contributed by atoms with E-state index in [9.17, 15) is 23.3 Å². The van der Waals surface area contributed by atoms with E-state index in [1.807, 2.05) is 61.5 Å². The maximum Gasteiger partial charge on any atom is 0.416 e. The fraction of sp³-hybridized carbons (Fsp3) is 0.130. The van der Waals surface area contributed by atoms with Crippen LogP contribution in [0.2, 0.25) is 0 Å². The van der Waals surface area contributed by atoms with Crippen LogP contribution in [-0.2, 0) is 12.6 Å². The lowest BCUT2D eigenvalue weighted by Gasteiger charge is -2.12. The van der Waals surface area contributed by atoms with E-state index in [2.05, 4.69) is 10.2 Å². The fourth-order valence-electron chi connectivity index (χ4n) is 3.31. The highest BCUT2D eigenvalue weighted by Gasteiger charge is 2.33. The molecule has 1 aromatic heterocycles. The minimum Gasteiger partial charge on any atom is -0.273 e. The van der Waals surface area contributed by atoms with Crippen molar-refractivity contribution >= 4 is 17.4 Å². The Morgan fingerprint density at radius 3 is 2.42 bits per heavy atom. The minimum absolute atomic E-state index is 0.0422. The topological polar surface area (TPSA) is 73.8 Å². The van der Waals surface area contributed by atoms with Gasteiger partial charge in [0.2, 0.25) is 5.16 Å². The molecule has 0 aliphatic rings. The summed E-state index contributed by atoms with van der Waals surface area (Å²) in [6.45, 7) is 1.93. The molecule has 0 spiro atoms. The number of hydrogen-bond donors (Lipinski definition) is 0. The number of nitro benzene ring substituents is 1. The summed E-state index contributed by atoms with van der Waals surface area (Å²) in [5.41, 5.74) is 1.02. The molecule has 0 amide bonds. The predicted octanol–water partition coefficient (Wildman–Crippen LogP) is 6.24. The van der Waals surface area contributed by atoms with E-state index in [1.54, 1.807) is 4.57 Å². The van der Waals surface area contributed by atoms with Gasteiger partial charge in [-0.2, -0.15) is 13.2 Å².